The van der Waals surface area contributed by atoms with Gasteiger partial charge in [-0.15, -0.1) is 11.3 Å². The molecule has 0 unspecified atom stereocenters. The number of benzene rings is 2. The van der Waals surface area contributed by atoms with E-state index in [0.29, 0.717) is 4.88 Å². The summed E-state index contributed by atoms with van der Waals surface area (Å²) in [5.74, 6) is -0.723. The van der Waals surface area contributed by atoms with E-state index in [4.69, 9.17) is 4.74 Å². The first-order chi connectivity index (χ1) is 12.0. The van der Waals surface area contributed by atoms with Crippen LogP contribution in [0.4, 0.5) is 5.69 Å². The largest absolute Gasteiger partial charge is 0.448 e. The third-order valence-corrected chi connectivity index (χ3v) is 5.39. The number of rotatable bonds is 4. The van der Waals surface area contributed by atoms with Crippen LogP contribution in [0, 0.1) is 6.92 Å². The Bertz CT molecular complexity index is 917. The van der Waals surface area contributed by atoms with E-state index >= 15 is 0 Å². The summed E-state index contributed by atoms with van der Waals surface area (Å²) in [6, 6.07) is 17.1. The minimum Gasteiger partial charge on any atom is -0.448 e. The lowest BCUT2D eigenvalue weighted by molar-refractivity contribution is -0.126. The number of aryl methyl sites for hydroxylation is 1. The van der Waals surface area contributed by atoms with Crippen LogP contribution in [0.2, 0.25) is 0 Å². The van der Waals surface area contributed by atoms with Gasteiger partial charge in [0.1, 0.15) is 4.88 Å². The minimum atomic E-state index is -0.859. The Labute approximate surface area is 150 Å². The minimum absolute atomic E-state index is 0.265. The molecule has 4 nitrogen and oxygen atoms in total. The van der Waals surface area contributed by atoms with Gasteiger partial charge in [-0.1, -0.05) is 36.4 Å². The van der Waals surface area contributed by atoms with Gasteiger partial charge >= 0.3 is 5.97 Å². The summed E-state index contributed by atoms with van der Waals surface area (Å²) in [5, 5.41) is 1.04. The molecule has 5 heteroatoms. The fourth-order valence-electron chi connectivity index (χ4n) is 2.69. The molecule has 0 saturated carbocycles. The Morgan fingerprint density at radius 3 is 2.36 bits per heavy atom. The van der Waals surface area contributed by atoms with Gasteiger partial charge in [-0.3, -0.25) is 4.79 Å². The van der Waals surface area contributed by atoms with Gasteiger partial charge in [0.25, 0.3) is 5.91 Å². The SMILES string of the molecule is Cc1c(C(=O)O[C@@H](C)C(=O)N(C)c2ccccc2)sc2ccccc12. The Balaban J connectivity index is 1.75. The molecule has 2 aromatic carbocycles. The number of esters is 1. The first-order valence-corrected chi connectivity index (χ1v) is 8.82. The Kier molecular flexibility index (Phi) is 4.86. The van der Waals surface area contributed by atoms with Gasteiger partial charge in [0.2, 0.25) is 0 Å². The molecule has 0 N–H and O–H groups in total. The molecule has 0 spiro atoms. The molecule has 3 rings (SSSR count). The molecule has 0 bridgehead atoms. The smallest absolute Gasteiger partial charge is 0.349 e. The highest BCUT2D eigenvalue weighted by Crippen LogP contribution is 2.31. The molecule has 1 aromatic heterocycles. The van der Waals surface area contributed by atoms with Crippen molar-refractivity contribution in [1.82, 2.24) is 0 Å². The lowest BCUT2D eigenvalue weighted by atomic mass is 10.1. The number of ether oxygens (including phenoxy) is 1. The van der Waals surface area contributed by atoms with E-state index < -0.39 is 12.1 Å². The number of carbonyl (C=O) groups excluding carboxylic acids is 2. The maximum atomic E-state index is 12.5. The summed E-state index contributed by atoms with van der Waals surface area (Å²) in [6.07, 6.45) is -0.859. The maximum Gasteiger partial charge on any atom is 0.349 e. The van der Waals surface area contributed by atoms with Crippen molar-refractivity contribution in [3.63, 3.8) is 0 Å². The van der Waals surface area contributed by atoms with E-state index in [1.54, 1.807) is 14.0 Å². The monoisotopic (exact) mass is 353 g/mol. The molecule has 0 radical (unpaired) electrons. The van der Waals surface area contributed by atoms with Crippen molar-refractivity contribution in [2.75, 3.05) is 11.9 Å². The molecule has 1 heterocycles. The van der Waals surface area contributed by atoms with E-state index in [-0.39, 0.29) is 5.91 Å². The van der Waals surface area contributed by atoms with Crippen LogP contribution < -0.4 is 4.90 Å². The zero-order valence-corrected chi connectivity index (χ0v) is 15.2. The number of anilines is 1. The van der Waals surface area contributed by atoms with Crippen LogP contribution in [0.5, 0.6) is 0 Å². The highest BCUT2D eigenvalue weighted by atomic mass is 32.1. The van der Waals surface area contributed by atoms with Crippen molar-refractivity contribution in [3.8, 4) is 0 Å². The molecule has 3 aromatic rings. The molecule has 0 fully saturated rings. The average molecular weight is 353 g/mol. The van der Waals surface area contributed by atoms with Gasteiger partial charge in [0.05, 0.1) is 0 Å². The van der Waals surface area contributed by atoms with Crippen molar-refractivity contribution < 1.29 is 14.3 Å². The normalized spacial score (nSPS) is 12.0. The second-order valence-electron chi connectivity index (χ2n) is 5.83. The average Bonchev–Trinajstić information content (AvgIpc) is 2.98. The van der Waals surface area contributed by atoms with Crippen LogP contribution >= 0.6 is 11.3 Å². The van der Waals surface area contributed by atoms with Crippen LogP contribution in [0.3, 0.4) is 0 Å². The third-order valence-electron chi connectivity index (χ3n) is 4.13. The van der Waals surface area contributed by atoms with Crippen LogP contribution in [-0.4, -0.2) is 25.0 Å². The fraction of sp³-hybridized carbons (Fsp3) is 0.200. The molecular formula is C20H19NO3S. The summed E-state index contributed by atoms with van der Waals surface area (Å²) in [6.45, 7) is 3.50. The third kappa shape index (κ3) is 3.42. The molecular weight excluding hydrogens is 334 g/mol. The Morgan fingerprint density at radius 2 is 1.68 bits per heavy atom. The van der Waals surface area contributed by atoms with E-state index in [1.165, 1.54) is 16.2 Å². The number of likely N-dealkylation sites (N-methyl/N-ethyl adjacent to an activating group) is 1. The summed E-state index contributed by atoms with van der Waals surface area (Å²) in [5.41, 5.74) is 1.65. The van der Waals surface area contributed by atoms with Gasteiger partial charge in [-0.2, -0.15) is 0 Å². The second kappa shape index (κ2) is 7.07. The quantitative estimate of drug-likeness (QED) is 0.652. The maximum absolute atomic E-state index is 12.5. The van der Waals surface area contributed by atoms with Crippen LogP contribution in [0.1, 0.15) is 22.2 Å². The summed E-state index contributed by atoms with van der Waals surface area (Å²) in [7, 11) is 1.67. The number of para-hydroxylation sites is 1. The predicted molar refractivity (Wildman–Crippen MR) is 101 cm³/mol. The van der Waals surface area contributed by atoms with Crippen LogP contribution in [0.15, 0.2) is 54.6 Å². The van der Waals surface area contributed by atoms with Gasteiger partial charge in [0, 0.05) is 17.4 Å². The zero-order valence-electron chi connectivity index (χ0n) is 14.4. The molecule has 1 atom stereocenters. The summed E-state index contributed by atoms with van der Waals surface area (Å²) in [4.78, 5) is 27.1. The number of thiophene rings is 1. The van der Waals surface area contributed by atoms with E-state index in [2.05, 4.69) is 0 Å². The van der Waals surface area contributed by atoms with Gasteiger partial charge in [-0.25, -0.2) is 4.79 Å². The highest BCUT2D eigenvalue weighted by molar-refractivity contribution is 7.21. The number of nitrogens with zero attached hydrogens (tertiary/aromatic N) is 1. The molecule has 1 amide bonds. The number of hydrogen-bond acceptors (Lipinski definition) is 4. The fourth-order valence-corrected chi connectivity index (χ4v) is 3.78. The lowest BCUT2D eigenvalue weighted by Gasteiger charge is -2.21. The first kappa shape index (κ1) is 17.2. The number of hydrogen-bond donors (Lipinski definition) is 0. The molecule has 0 aliphatic rings. The van der Waals surface area contributed by atoms with Crippen molar-refractivity contribution in [2.45, 2.75) is 20.0 Å². The van der Waals surface area contributed by atoms with E-state index in [1.807, 2.05) is 61.5 Å². The molecule has 0 saturated heterocycles. The highest BCUT2D eigenvalue weighted by Gasteiger charge is 2.25. The number of amides is 1. The van der Waals surface area contributed by atoms with Crippen molar-refractivity contribution >= 4 is 39.0 Å². The second-order valence-corrected chi connectivity index (χ2v) is 6.88. The predicted octanol–water partition coefficient (Wildman–Crippen LogP) is 4.42. The summed E-state index contributed by atoms with van der Waals surface area (Å²) < 4.78 is 6.47. The Hall–Kier alpha value is -2.66. The number of fused-ring (bicyclic) bond motifs is 1. The molecule has 0 aliphatic heterocycles. The van der Waals surface area contributed by atoms with Crippen molar-refractivity contribution in [1.29, 1.82) is 0 Å². The van der Waals surface area contributed by atoms with Gasteiger partial charge < -0.3 is 9.64 Å². The topological polar surface area (TPSA) is 46.6 Å². The van der Waals surface area contributed by atoms with E-state index in [0.717, 1.165) is 21.3 Å². The molecule has 128 valence electrons. The standard InChI is InChI=1S/C20H19NO3S/c1-13-16-11-7-8-12-17(16)25-18(13)20(23)24-14(2)19(22)21(3)15-9-5-4-6-10-15/h4-12,14H,1-3H3/t14-/m0/s1. The molecule has 25 heavy (non-hydrogen) atoms. The van der Waals surface area contributed by atoms with Gasteiger partial charge in [0.15, 0.2) is 6.10 Å². The van der Waals surface area contributed by atoms with Crippen LogP contribution in [0.25, 0.3) is 10.1 Å². The van der Waals surface area contributed by atoms with Gasteiger partial charge in [-0.05, 0) is 43.0 Å². The van der Waals surface area contributed by atoms with E-state index in [9.17, 15) is 9.59 Å². The first-order valence-electron chi connectivity index (χ1n) is 8.00. The number of carbonyl (C=O) groups is 2. The zero-order chi connectivity index (χ0) is 18.0. The van der Waals surface area contributed by atoms with Crippen molar-refractivity contribution in [3.05, 3.63) is 65.0 Å². The summed E-state index contributed by atoms with van der Waals surface area (Å²) >= 11 is 1.39. The lowest BCUT2D eigenvalue weighted by Crippen LogP contribution is -2.37. The van der Waals surface area contributed by atoms with Crippen molar-refractivity contribution in [2.24, 2.45) is 0 Å². The molecule has 0 aliphatic carbocycles. The Morgan fingerprint density at radius 1 is 1.04 bits per heavy atom. The van der Waals surface area contributed by atoms with Crippen LogP contribution in [-0.2, 0) is 9.53 Å².